The minimum atomic E-state index is -1.42. The van der Waals surface area contributed by atoms with Crippen molar-refractivity contribution in [3.8, 4) is 0 Å². The molecule has 0 heterocycles. The highest BCUT2D eigenvalue weighted by atomic mass is 16.6. The van der Waals surface area contributed by atoms with E-state index in [2.05, 4.69) is 16.0 Å². The van der Waals surface area contributed by atoms with Crippen LogP contribution in [0.1, 0.15) is 154 Å². The van der Waals surface area contributed by atoms with Gasteiger partial charge in [-0.3, -0.25) is 33.7 Å². The number of amides is 4. The molecule has 61 heavy (non-hydrogen) atoms. The highest BCUT2D eigenvalue weighted by Gasteiger charge is 2.54. The van der Waals surface area contributed by atoms with Crippen LogP contribution in [0.4, 0.5) is 4.79 Å². The molecule has 1 aliphatic rings. The molecule has 1 aromatic rings. The smallest absolute Gasteiger partial charge is 0.410 e. The number of ketones is 2. The third-order valence-electron chi connectivity index (χ3n) is 11.5. The van der Waals surface area contributed by atoms with Crippen LogP contribution in [-0.4, -0.2) is 83.1 Å². The van der Waals surface area contributed by atoms with Crippen molar-refractivity contribution in [2.45, 2.75) is 185 Å². The normalized spacial score (nSPS) is 16.9. The zero-order chi connectivity index (χ0) is 46.9. The maximum Gasteiger partial charge on any atom is 0.410 e. The van der Waals surface area contributed by atoms with Gasteiger partial charge in [-0.15, -0.1) is 0 Å². The second kappa shape index (κ2) is 21.2. The number of Topliss-reactive ketones (excluding diaryl/α,β-unsaturated/α-hetero) is 2. The molecule has 3 N–H and O–H groups in total. The van der Waals surface area contributed by atoms with E-state index in [-0.39, 0.29) is 49.0 Å². The summed E-state index contributed by atoms with van der Waals surface area (Å²) < 4.78 is 11.4. The van der Waals surface area contributed by atoms with E-state index < -0.39 is 87.9 Å². The predicted molar refractivity (Wildman–Crippen MR) is 237 cm³/mol. The number of hydrogen-bond donors (Lipinski definition) is 3. The molecule has 1 aliphatic carbocycles. The Labute approximate surface area is 366 Å². The fraction of sp³-hybridized carbons (Fsp3) is 0.729. The molecule has 13 nitrogen and oxygen atoms in total. The van der Waals surface area contributed by atoms with Gasteiger partial charge in [0.25, 0.3) is 0 Å². The molecule has 0 bridgehead atoms. The lowest BCUT2D eigenvalue weighted by Crippen LogP contribution is -2.62. The van der Waals surface area contributed by atoms with Crippen molar-refractivity contribution in [1.29, 1.82) is 0 Å². The Kier molecular flexibility index (Phi) is 18.4. The highest BCUT2D eigenvalue weighted by Crippen LogP contribution is 2.43. The largest absolute Gasteiger partial charge is 0.460 e. The molecule has 0 radical (unpaired) electrons. The Morgan fingerprint density at radius 3 is 1.75 bits per heavy atom. The van der Waals surface area contributed by atoms with Crippen LogP contribution in [0.5, 0.6) is 0 Å². The molecule has 1 fully saturated rings. The fourth-order valence-corrected chi connectivity index (χ4v) is 7.91. The second-order valence-electron chi connectivity index (χ2n) is 21.5. The van der Waals surface area contributed by atoms with Gasteiger partial charge in [0.1, 0.15) is 30.1 Å². The first-order valence-corrected chi connectivity index (χ1v) is 22.0. The van der Waals surface area contributed by atoms with Gasteiger partial charge < -0.3 is 25.4 Å². The molecule has 0 aliphatic heterocycles. The summed E-state index contributed by atoms with van der Waals surface area (Å²) in [5.41, 5.74) is -3.55. The first-order chi connectivity index (χ1) is 27.8. The number of benzene rings is 1. The van der Waals surface area contributed by atoms with Crippen molar-refractivity contribution in [2.24, 2.45) is 33.5 Å². The number of nitrogens with one attached hydrogen (secondary N) is 3. The topological polar surface area (TPSA) is 177 Å². The predicted octanol–water partition coefficient (Wildman–Crippen LogP) is 7.72. The first kappa shape index (κ1) is 52.8. The van der Waals surface area contributed by atoms with Crippen LogP contribution in [0.15, 0.2) is 30.3 Å². The maximum atomic E-state index is 14.8. The third-order valence-corrected chi connectivity index (χ3v) is 11.5. The van der Waals surface area contributed by atoms with E-state index in [9.17, 15) is 33.6 Å². The molecule has 0 aromatic heterocycles. The lowest BCUT2D eigenvalue weighted by atomic mass is 9.76. The summed E-state index contributed by atoms with van der Waals surface area (Å²) in [5.74, 6) is -4.90. The summed E-state index contributed by atoms with van der Waals surface area (Å²) in [6.07, 6.45) is 0.899. The summed E-state index contributed by atoms with van der Waals surface area (Å²) >= 11 is 0. The van der Waals surface area contributed by atoms with Gasteiger partial charge in [0.2, 0.25) is 17.7 Å². The Morgan fingerprint density at radius 2 is 1.30 bits per heavy atom. The van der Waals surface area contributed by atoms with Crippen LogP contribution in [0, 0.1) is 33.5 Å². The zero-order valence-electron chi connectivity index (χ0n) is 40.1. The summed E-state index contributed by atoms with van der Waals surface area (Å²) in [4.78, 5) is 100. The van der Waals surface area contributed by atoms with E-state index in [0.29, 0.717) is 19.3 Å². The first-order valence-electron chi connectivity index (χ1n) is 22.0. The van der Waals surface area contributed by atoms with Crippen LogP contribution >= 0.6 is 0 Å². The summed E-state index contributed by atoms with van der Waals surface area (Å²) in [6, 6.07) is 5.37. The summed E-state index contributed by atoms with van der Waals surface area (Å²) in [6.45, 7) is 27.2. The number of carbonyl (C=O) groups excluding carboxylic acids is 7. The van der Waals surface area contributed by atoms with Gasteiger partial charge in [-0.2, -0.15) is 0 Å². The second-order valence-corrected chi connectivity index (χ2v) is 21.5. The number of hydrogen-bond acceptors (Lipinski definition) is 9. The van der Waals surface area contributed by atoms with Gasteiger partial charge in [0.05, 0.1) is 17.4 Å². The molecule has 344 valence electrons. The van der Waals surface area contributed by atoms with Crippen molar-refractivity contribution in [3.63, 3.8) is 0 Å². The molecule has 4 amide bonds. The molecule has 5 atom stereocenters. The minimum Gasteiger partial charge on any atom is -0.460 e. The van der Waals surface area contributed by atoms with Crippen molar-refractivity contribution in [3.05, 3.63) is 35.9 Å². The SMILES string of the molecule is CC[C@@H](NC(=O)[C@@H](NC(=O)[C@H](CC(=O)[C@@H](NC(=O)[C@H](C(C)C)N(C)C(=O)OC(C)(C)C)C(C)(C)C)CC(=O)C(C)(C)C)C1(C(=O)OCc2ccccc2)CCCC1)C(C)(C)C. The Balaban J connectivity index is 2.63. The van der Waals surface area contributed by atoms with Crippen molar-refractivity contribution in [2.75, 3.05) is 7.05 Å². The molecule has 0 saturated heterocycles. The van der Waals surface area contributed by atoms with Gasteiger partial charge >= 0.3 is 12.1 Å². The quantitative estimate of drug-likeness (QED) is 0.125. The van der Waals surface area contributed by atoms with Gasteiger partial charge in [0, 0.05) is 31.3 Å². The molecule has 2 rings (SSSR count). The van der Waals surface area contributed by atoms with Crippen LogP contribution in [0.2, 0.25) is 0 Å². The Morgan fingerprint density at radius 1 is 0.738 bits per heavy atom. The van der Waals surface area contributed by atoms with Crippen LogP contribution < -0.4 is 16.0 Å². The average Bonchev–Trinajstić information content (AvgIpc) is 3.62. The fourth-order valence-electron chi connectivity index (χ4n) is 7.91. The Hall–Kier alpha value is -4.29. The van der Waals surface area contributed by atoms with Crippen LogP contribution in [-0.2, 0) is 44.8 Å². The average molecular weight is 855 g/mol. The van der Waals surface area contributed by atoms with Gasteiger partial charge in [-0.1, -0.05) is 126 Å². The van der Waals surface area contributed by atoms with Crippen molar-refractivity contribution in [1.82, 2.24) is 20.9 Å². The number of ether oxygens (including phenoxy) is 2. The lowest BCUT2D eigenvalue weighted by molar-refractivity contribution is -0.162. The van der Waals surface area contributed by atoms with E-state index in [0.717, 1.165) is 5.56 Å². The number of esters is 1. The summed E-state index contributed by atoms with van der Waals surface area (Å²) in [5, 5.41) is 8.91. The number of carbonyl (C=O) groups is 7. The summed E-state index contributed by atoms with van der Waals surface area (Å²) in [7, 11) is 1.47. The van der Waals surface area contributed by atoms with E-state index in [1.54, 1.807) is 76.2 Å². The van der Waals surface area contributed by atoms with E-state index >= 15 is 0 Å². The number of nitrogens with zero attached hydrogens (tertiary/aromatic N) is 1. The van der Waals surface area contributed by atoms with E-state index in [1.807, 2.05) is 58.0 Å². The van der Waals surface area contributed by atoms with E-state index in [1.165, 1.54) is 11.9 Å². The van der Waals surface area contributed by atoms with Gasteiger partial charge in [-0.05, 0) is 62.3 Å². The molecule has 1 aromatic carbocycles. The molecule has 0 spiro atoms. The number of likely N-dealkylation sites (N-methyl/N-ethyl adjacent to an activating group) is 1. The zero-order valence-corrected chi connectivity index (χ0v) is 40.1. The lowest BCUT2D eigenvalue weighted by Gasteiger charge is -2.38. The maximum absolute atomic E-state index is 14.8. The van der Waals surface area contributed by atoms with E-state index in [4.69, 9.17) is 9.47 Å². The standard InChI is InChI=1S/C48H78N4O9/c1-17-34(44(4,5)6)49-41(57)38(48(25-21-22-26-48)42(58)60-29-31-23-19-18-20-24-31)51-39(55)32(28-35(54)45(7,8)9)27-33(53)37(46(10,11)12)50-40(56)36(30(2)3)52(16)43(59)61-47(13,14)15/h18-20,23-24,30,32,34,36-38H,17,21-22,25-29H2,1-16H3,(H,49,57)(H,50,56)(H,51,55)/t32-,34-,36+,37-,38-/m1/s1. The minimum absolute atomic E-state index is 0.0222. The monoisotopic (exact) mass is 855 g/mol. The number of rotatable bonds is 18. The van der Waals surface area contributed by atoms with Gasteiger partial charge in [0.15, 0.2) is 5.78 Å². The highest BCUT2D eigenvalue weighted by molar-refractivity contribution is 5.99. The molecule has 13 heteroatoms. The van der Waals surface area contributed by atoms with Crippen LogP contribution in [0.25, 0.3) is 0 Å². The Bertz CT molecular complexity index is 1690. The molecular weight excluding hydrogens is 777 g/mol. The van der Waals surface area contributed by atoms with Gasteiger partial charge in [-0.25, -0.2) is 4.79 Å². The third kappa shape index (κ3) is 15.2. The molecule has 0 unspecified atom stereocenters. The van der Waals surface area contributed by atoms with Crippen molar-refractivity contribution >= 4 is 41.4 Å². The van der Waals surface area contributed by atoms with Crippen molar-refractivity contribution < 1.29 is 43.0 Å². The van der Waals surface area contributed by atoms with Crippen LogP contribution in [0.3, 0.4) is 0 Å². The molecular formula is C48H78N4O9. The molecule has 1 saturated carbocycles.